The van der Waals surface area contributed by atoms with Gasteiger partial charge in [-0.1, -0.05) is 11.8 Å². The average Bonchev–Trinajstić information content (AvgIpc) is 2.23. The molecule has 0 unspecified atom stereocenters. The van der Waals surface area contributed by atoms with Crippen molar-refractivity contribution < 1.29 is 4.39 Å². The summed E-state index contributed by atoms with van der Waals surface area (Å²) in [5.41, 5.74) is 0. The molecule has 1 aromatic rings. The van der Waals surface area contributed by atoms with Crippen molar-refractivity contribution in [2.45, 2.75) is 23.2 Å². The molecule has 84 valence electrons. The summed E-state index contributed by atoms with van der Waals surface area (Å²) in [4.78, 5) is 7.86. The second-order valence-electron chi connectivity index (χ2n) is 3.25. The van der Waals surface area contributed by atoms with Crippen molar-refractivity contribution in [3.05, 3.63) is 18.2 Å². The van der Waals surface area contributed by atoms with Gasteiger partial charge in [-0.2, -0.15) is 0 Å². The van der Waals surface area contributed by atoms with Gasteiger partial charge in [0, 0.05) is 5.25 Å². The highest BCUT2D eigenvalue weighted by molar-refractivity contribution is 7.99. The predicted molar refractivity (Wildman–Crippen MR) is 61.0 cm³/mol. The van der Waals surface area contributed by atoms with E-state index in [1.54, 1.807) is 11.8 Å². The van der Waals surface area contributed by atoms with Crippen LogP contribution in [0.3, 0.4) is 0 Å². The van der Waals surface area contributed by atoms with Crippen molar-refractivity contribution in [2.75, 3.05) is 13.1 Å². The first kappa shape index (κ1) is 12.7. The van der Waals surface area contributed by atoms with Gasteiger partial charge in [0.15, 0.2) is 11.0 Å². The number of hydrogen-bond acceptors (Lipinski definition) is 4. The average molecular weight is 250 g/mol. The number of rotatable bonds is 2. The molecule has 2 rings (SSSR count). The van der Waals surface area contributed by atoms with Crippen molar-refractivity contribution >= 4 is 24.2 Å². The van der Waals surface area contributed by atoms with E-state index in [0.29, 0.717) is 10.4 Å². The Morgan fingerprint density at radius 2 is 1.87 bits per heavy atom. The van der Waals surface area contributed by atoms with Gasteiger partial charge in [-0.05, 0) is 25.9 Å². The third-order valence-corrected chi connectivity index (χ3v) is 3.38. The highest BCUT2D eigenvalue weighted by Gasteiger charge is 2.15. The lowest BCUT2D eigenvalue weighted by atomic mass is 10.2. The molecule has 1 aromatic heterocycles. The normalized spacial score (nSPS) is 17.1. The Balaban J connectivity index is 0.00000112. The Labute approximate surface area is 98.7 Å². The summed E-state index contributed by atoms with van der Waals surface area (Å²) in [6, 6.07) is 0. The number of aromatic nitrogens is 2. The third kappa shape index (κ3) is 3.93. The minimum absolute atomic E-state index is 0. The Bertz CT molecular complexity index is 290. The monoisotopic (exact) mass is 249 g/mol. The molecule has 15 heavy (non-hydrogen) atoms. The van der Waals surface area contributed by atoms with E-state index in [4.69, 9.17) is 0 Å². The highest BCUT2D eigenvalue weighted by atomic mass is 35.5. The standard InChI is InChI=1S/C9H12FN3S.ClH/c10-7-5-12-9(13-6-7)14-8-1-3-11-4-2-8;/h5-6,8,11H,1-4H2;1H. The summed E-state index contributed by atoms with van der Waals surface area (Å²) in [7, 11) is 0. The van der Waals surface area contributed by atoms with Crippen molar-refractivity contribution in [2.24, 2.45) is 0 Å². The summed E-state index contributed by atoms with van der Waals surface area (Å²) in [6.45, 7) is 2.11. The van der Waals surface area contributed by atoms with Gasteiger partial charge in [-0.25, -0.2) is 14.4 Å². The maximum absolute atomic E-state index is 12.5. The van der Waals surface area contributed by atoms with Crippen LogP contribution in [0.5, 0.6) is 0 Å². The number of thioether (sulfide) groups is 1. The van der Waals surface area contributed by atoms with Crippen LogP contribution in [0.15, 0.2) is 17.6 Å². The first-order chi connectivity index (χ1) is 6.84. The fourth-order valence-electron chi connectivity index (χ4n) is 1.42. The lowest BCUT2D eigenvalue weighted by Gasteiger charge is -2.20. The van der Waals surface area contributed by atoms with E-state index < -0.39 is 0 Å². The zero-order chi connectivity index (χ0) is 9.80. The molecule has 1 aliphatic heterocycles. The van der Waals surface area contributed by atoms with E-state index in [2.05, 4.69) is 15.3 Å². The minimum Gasteiger partial charge on any atom is -0.317 e. The van der Waals surface area contributed by atoms with Crippen LogP contribution in [0.2, 0.25) is 0 Å². The first-order valence-electron chi connectivity index (χ1n) is 4.69. The summed E-state index contributed by atoms with van der Waals surface area (Å²) in [6.07, 6.45) is 4.70. The number of halogens is 2. The van der Waals surface area contributed by atoms with Gasteiger partial charge in [0.25, 0.3) is 0 Å². The maximum atomic E-state index is 12.5. The lowest BCUT2D eigenvalue weighted by molar-refractivity contribution is 0.530. The van der Waals surface area contributed by atoms with E-state index >= 15 is 0 Å². The van der Waals surface area contributed by atoms with Crippen LogP contribution in [0, 0.1) is 5.82 Å². The first-order valence-corrected chi connectivity index (χ1v) is 5.57. The van der Waals surface area contributed by atoms with Crippen molar-refractivity contribution in [3.63, 3.8) is 0 Å². The second-order valence-corrected chi connectivity index (χ2v) is 4.52. The van der Waals surface area contributed by atoms with Crippen LogP contribution in [0.1, 0.15) is 12.8 Å². The van der Waals surface area contributed by atoms with Crippen molar-refractivity contribution in [1.29, 1.82) is 0 Å². The molecular weight excluding hydrogens is 237 g/mol. The third-order valence-electron chi connectivity index (χ3n) is 2.15. The molecule has 6 heteroatoms. The van der Waals surface area contributed by atoms with E-state index in [1.807, 2.05) is 0 Å². The molecule has 1 aliphatic rings. The molecule has 0 radical (unpaired) electrons. The van der Waals surface area contributed by atoms with E-state index in [9.17, 15) is 4.39 Å². The van der Waals surface area contributed by atoms with Crippen LogP contribution in [0.4, 0.5) is 4.39 Å². The largest absolute Gasteiger partial charge is 0.317 e. The fourth-order valence-corrected chi connectivity index (χ4v) is 2.42. The van der Waals surface area contributed by atoms with Crippen LogP contribution in [-0.2, 0) is 0 Å². The molecule has 1 fully saturated rings. The molecule has 0 atom stereocenters. The Morgan fingerprint density at radius 3 is 2.47 bits per heavy atom. The SMILES string of the molecule is Cl.Fc1cnc(SC2CCNCC2)nc1. The summed E-state index contributed by atoms with van der Waals surface area (Å²) >= 11 is 1.64. The fraction of sp³-hybridized carbons (Fsp3) is 0.556. The minimum atomic E-state index is -0.375. The molecule has 1 N–H and O–H groups in total. The number of piperidine rings is 1. The van der Waals surface area contributed by atoms with E-state index in [1.165, 1.54) is 12.4 Å². The molecule has 0 amide bonds. The zero-order valence-electron chi connectivity index (χ0n) is 8.15. The molecule has 0 bridgehead atoms. The molecule has 3 nitrogen and oxygen atoms in total. The van der Waals surface area contributed by atoms with Crippen LogP contribution in [-0.4, -0.2) is 28.3 Å². The number of nitrogens with one attached hydrogen (secondary N) is 1. The van der Waals surface area contributed by atoms with Gasteiger partial charge >= 0.3 is 0 Å². The predicted octanol–water partition coefficient (Wildman–Crippen LogP) is 1.88. The van der Waals surface area contributed by atoms with Crippen LogP contribution in [0.25, 0.3) is 0 Å². The van der Waals surface area contributed by atoms with Gasteiger partial charge in [0.05, 0.1) is 12.4 Å². The maximum Gasteiger partial charge on any atom is 0.187 e. The molecular formula is C9H13ClFN3S. The van der Waals surface area contributed by atoms with E-state index in [0.717, 1.165) is 25.9 Å². The quantitative estimate of drug-likeness (QED) is 0.813. The van der Waals surface area contributed by atoms with Gasteiger partial charge < -0.3 is 5.32 Å². The molecule has 0 aliphatic carbocycles. The zero-order valence-corrected chi connectivity index (χ0v) is 9.78. The van der Waals surface area contributed by atoms with Gasteiger partial charge in [-0.3, -0.25) is 0 Å². The molecule has 0 saturated carbocycles. The van der Waals surface area contributed by atoms with Crippen LogP contribution >= 0.6 is 24.2 Å². The second kappa shape index (κ2) is 6.25. The molecule has 2 heterocycles. The summed E-state index contributed by atoms with van der Waals surface area (Å²) < 4.78 is 12.5. The van der Waals surface area contributed by atoms with Gasteiger partial charge in [0.2, 0.25) is 0 Å². The summed E-state index contributed by atoms with van der Waals surface area (Å²) in [5.74, 6) is -0.375. The smallest absolute Gasteiger partial charge is 0.187 e. The van der Waals surface area contributed by atoms with Crippen LogP contribution < -0.4 is 5.32 Å². The molecule has 0 aromatic carbocycles. The van der Waals surface area contributed by atoms with Gasteiger partial charge in [-0.15, -0.1) is 12.4 Å². The number of hydrogen-bond donors (Lipinski definition) is 1. The van der Waals surface area contributed by atoms with Crippen molar-refractivity contribution in [3.8, 4) is 0 Å². The Kier molecular flexibility index (Phi) is 5.28. The van der Waals surface area contributed by atoms with Crippen molar-refractivity contribution in [1.82, 2.24) is 15.3 Å². The Morgan fingerprint density at radius 1 is 1.27 bits per heavy atom. The lowest BCUT2D eigenvalue weighted by Crippen LogP contribution is -2.29. The molecule has 1 saturated heterocycles. The van der Waals surface area contributed by atoms with Gasteiger partial charge in [0.1, 0.15) is 0 Å². The Hall–Kier alpha value is -0.390. The molecule has 0 spiro atoms. The number of nitrogens with zero attached hydrogens (tertiary/aromatic N) is 2. The van der Waals surface area contributed by atoms with E-state index in [-0.39, 0.29) is 18.2 Å². The summed E-state index contributed by atoms with van der Waals surface area (Å²) in [5, 5.41) is 4.55. The highest BCUT2D eigenvalue weighted by Crippen LogP contribution is 2.25. The topological polar surface area (TPSA) is 37.8 Å².